The molecule has 0 spiro atoms. The molecule has 2 aromatic carbocycles. The summed E-state index contributed by atoms with van der Waals surface area (Å²) < 4.78 is 28.0. The second-order valence-corrected chi connectivity index (χ2v) is 10.5. The van der Waals surface area contributed by atoms with Crippen LogP contribution in [-0.2, 0) is 10.9 Å². The minimum Gasteiger partial charge on any atom is -0.294 e. The topological polar surface area (TPSA) is 17.1 Å². The third-order valence-corrected chi connectivity index (χ3v) is 9.11. The molecule has 0 unspecified atom stereocenters. The molecule has 0 aliphatic heterocycles. The highest BCUT2D eigenvalue weighted by Crippen LogP contribution is 2.40. The van der Waals surface area contributed by atoms with Crippen LogP contribution in [0.1, 0.15) is 16.6 Å². The van der Waals surface area contributed by atoms with E-state index in [-0.39, 0.29) is 17.4 Å². The van der Waals surface area contributed by atoms with Gasteiger partial charge in [0.1, 0.15) is 22.5 Å². The van der Waals surface area contributed by atoms with E-state index in [0.717, 1.165) is 28.6 Å². The van der Waals surface area contributed by atoms with E-state index in [4.69, 9.17) is 0 Å². The van der Waals surface area contributed by atoms with Gasteiger partial charge in [0.2, 0.25) is 4.21 Å². The van der Waals surface area contributed by atoms with Gasteiger partial charge in [-0.25, -0.2) is 8.78 Å². The van der Waals surface area contributed by atoms with E-state index in [2.05, 4.69) is 6.07 Å². The summed E-state index contributed by atoms with van der Waals surface area (Å²) in [7, 11) is -0.463. The number of ketones is 1. The van der Waals surface area contributed by atoms with Gasteiger partial charge in [-0.05, 0) is 73.7 Å². The minimum absolute atomic E-state index is 0.0606. The Bertz CT molecular complexity index is 1070. The average molecular weight is 430 g/mol. The highest BCUT2D eigenvalue weighted by Gasteiger charge is 2.31. The fourth-order valence-electron chi connectivity index (χ4n) is 2.73. The lowest BCUT2D eigenvalue weighted by Gasteiger charge is -2.05. The Labute approximate surface area is 172 Å². The Kier molecular flexibility index (Phi) is 5.44. The van der Waals surface area contributed by atoms with Crippen LogP contribution in [0.5, 0.6) is 0 Å². The lowest BCUT2D eigenvalue weighted by molar-refractivity contribution is 0.102. The highest BCUT2D eigenvalue weighted by atomic mass is 32.2. The highest BCUT2D eigenvalue weighted by molar-refractivity contribution is 7.99. The van der Waals surface area contributed by atoms with Crippen molar-refractivity contribution in [2.45, 2.75) is 20.9 Å². The molecule has 4 rings (SSSR count). The molecule has 4 aromatic rings. The third-order valence-electron chi connectivity index (χ3n) is 4.08. The molecule has 0 bridgehead atoms. The lowest BCUT2D eigenvalue weighted by Crippen LogP contribution is -2.03. The maximum absolute atomic E-state index is 13.4. The fraction of sp³-hybridized carbons (Fsp3) is 0.0455. The Hall–Kier alpha value is -2.28. The zero-order valence-corrected chi connectivity index (χ0v) is 17.3. The van der Waals surface area contributed by atoms with Gasteiger partial charge in [-0.3, -0.25) is 4.79 Å². The molecule has 0 amide bonds. The summed E-state index contributed by atoms with van der Waals surface area (Å²) in [5.41, 5.74) is 0. The molecule has 2 aromatic heterocycles. The first-order valence-electron chi connectivity index (χ1n) is 8.48. The molecule has 1 nitrogen and oxygen atoms in total. The number of thiophene rings is 2. The summed E-state index contributed by atoms with van der Waals surface area (Å²) in [5, 5.41) is 0. The molecule has 0 fully saturated rings. The second kappa shape index (κ2) is 7.99. The number of hydrogen-bond donors (Lipinski definition) is 0. The number of halogens is 2. The van der Waals surface area contributed by atoms with Crippen molar-refractivity contribution >= 4 is 39.4 Å². The van der Waals surface area contributed by atoms with Crippen LogP contribution in [0.15, 0.2) is 86.8 Å². The van der Waals surface area contributed by atoms with Gasteiger partial charge >= 0.3 is 0 Å². The molecule has 0 aliphatic rings. The predicted octanol–water partition coefficient (Wildman–Crippen LogP) is 7.05. The number of carbonyl (C=O) groups is 1. The number of hydrogen-bond acceptors (Lipinski definition) is 3. The maximum Gasteiger partial charge on any atom is 0.220 e. The van der Waals surface area contributed by atoms with Crippen LogP contribution in [0.25, 0.3) is 9.75 Å². The van der Waals surface area contributed by atoms with Crippen molar-refractivity contribution in [1.82, 2.24) is 0 Å². The van der Waals surface area contributed by atoms with Gasteiger partial charge < -0.3 is 0 Å². The van der Waals surface area contributed by atoms with Crippen molar-refractivity contribution in [3.8, 4) is 9.75 Å². The van der Waals surface area contributed by atoms with Gasteiger partial charge in [-0.1, -0.05) is 11.3 Å². The quantitative estimate of drug-likeness (QED) is 0.245. The summed E-state index contributed by atoms with van der Waals surface area (Å²) >= 11 is 3.12. The van der Waals surface area contributed by atoms with Crippen molar-refractivity contribution < 1.29 is 13.6 Å². The molecule has 0 N–H and O–H groups in total. The second-order valence-electron chi connectivity index (χ2n) is 6.05. The van der Waals surface area contributed by atoms with Gasteiger partial charge in [0.15, 0.2) is 15.6 Å². The normalized spacial score (nSPS) is 11.1. The van der Waals surface area contributed by atoms with E-state index in [1.54, 1.807) is 42.5 Å². The maximum atomic E-state index is 13.4. The minimum atomic E-state index is -0.463. The van der Waals surface area contributed by atoms with Crippen LogP contribution in [0.4, 0.5) is 8.78 Å². The SMILES string of the molecule is CC(=O)c1ccc(-c2ccc([S+](c3ccc(F)cc3)c3ccc(F)cc3)s2)s1. The lowest BCUT2D eigenvalue weighted by atomic mass is 10.3. The number of Topliss-reactive ketones (excluding diaryl/α,β-unsaturated/α-hetero) is 1. The molecule has 0 aliphatic carbocycles. The van der Waals surface area contributed by atoms with Gasteiger partial charge in [0, 0.05) is 15.8 Å². The number of carbonyl (C=O) groups excluding carboxylic acids is 1. The smallest absolute Gasteiger partial charge is 0.220 e. The summed E-state index contributed by atoms with van der Waals surface area (Å²) in [6.07, 6.45) is 0. The molecule has 0 radical (unpaired) electrons. The molecule has 140 valence electrons. The number of rotatable bonds is 5. The van der Waals surface area contributed by atoms with Crippen LogP contribution in [0, 0.1) is 11.6 Å². The van der Waals surface area contributed by atoms with E-state index in [9.17, 15) is 13.6 Å². The van der Waals surface area contributed by atoms with E-state index in [0.29, 0.717) is 0 Å². The monoisotopic (exact) mass is 429 g/mol. The first kappa shape index (κ1) is 19.1. The van der Waals surface area contributed by atoms with E-state index in [1.807, 2.05) is 18.2 Å². The van der Waals surface area contributed by atoms with Crippen LogP contribution >= 0.6 is 22.7 Å². The Balaban J connectivity index is 1.76. The van der Waals surface area contributed by atoms with Crippen molar-refractivity contribution in [2.24, 2.45) is 0 Å². The van der Waals surface area contributed by atoms with Crippen LogP contribution in [-0.4, -0.2) is 5.78 Å². The van der Waals surface area contributed by atoms with Crippen molar-refractivity contribution in [3.05, 3.63) is 89.3 Å². The van der Waals surface area contributed by atoms with Gasteiger partial charge in [0.25, 0.3) is 0 Å². The van der Waals surface area contributed by atoms with E-state index >= 15 is 0 Å². The number of benzene rings is 2. The van der Waals surface area contributed by atoms with Gasteiger partial charge in [0.05, 0.1) is 4.88 Å². The van der Waals surface area contributed by atoms with Crippen LogP contribution in [0.2, 0.25) is 0 Å². The largest absolute Gasteiger partial charge is 0.294 e. The van der Waals surface area contributed by atoms with Gasteiger partial charge in [-0.2, -0.15) is 0 Å². The molecule has 0 atom stereocenters. The van der Waals surface area contributed by atoms with E-state index < -0.39 is 10.9 Å². The molecular weight excluding hydrogens is 414 g/mol. The first-order valence-corrected chi connectivity index (χ1v) is 11.3. The zero-order chi connectivity index (χ0) is 19.7. The molecule has 0 saturated carbocycles. The first-order chi connectivity index (χ1) is 13.5. The van der Waals surface area contributed by atoms with Crippen LogP contribution in [0.3, 0.4) is 0 Å². The predicted molar refractivity (Wildman–Crippen MR) is 113 cm³/mol. The summed E-state index contributed by atoms with van der Waals surface area (Å²) in [4.78, 5) is 16.4. The zero-order valence-electron chi connectivity index (χ0n) is 14.8. The van der Waals surface area contributed by atoms with Crippen molar-refractivity contribution in [3.63, 3.8) is 0 Å². The molecule has 0 saturated heterocycles. The molecule has 6 heteroatoms. The Morgan fingerprint density at radius 2 is 1.21 bits per heavy atom. The summed E-state index contributed by atoms with van der Waals surface area (Å²) in [6.45, 7) is 1.57. The van der Waals surface area contributed by atoms with Gasteiger partial charge in [-0.15, -0.1) is 11.3 Å². The molecular formula is C22H15F2OS3+. The van der Waals surface area contributed by atoms with Crippen LogP contribution < -0.4 is 0 Å². The molecule has 28 heavy (non-hydrogen) atoms. The summed E-state index contributed by atoms with van der Waals surface area (Å²) in [6, 6.07) is 20.8. The van der Waals surface area contributed by atoms with E-state index in [1.165, 1.54) is 35.6 Å². The Morgan fingerprint density at radius 3 is 1.71 bits per heavy atom. The van der Waals surface area contributed by atoms with Crippen molar-refractivity contribution in [1.29, 1.82) is 0 Å². The average Bonchev–Trinajstić information content (AvgIpc) is 3.35. The fourth-order valence-corrected chi connectivity index (χ4v) is 7.40. The Morgan fingerprint density at radius 1 is 0.714 bits per heavy atom. The molecule has 2 heterocycles. The third kappa shape index (κ3) is 3.94. The summed E-state index contributed by atoms with van der Waals surface area (Å²) in [5.74, 6) is -0.507. The standard InChI is InChI=1S/C22H15F2OS3/c1-14(25)19-10-11-20(26-19)21-12-13-22(27-21)28(17-6-2-15(23)3-7-17)18-8-4-16(24)5-9-18/h2-13H,1H3/q+1. The van der Waals surface area contributed by atoms with Crippen molar-refractivity contribution in [2.75, 3.05) is 0 Å².